The Labute approximate surface area is 136 Å². The summed E-state index contributed by atoms with van der Waals surface area (Å²) in [5, 5.41) is 0. The summed E-state index contributed by atoms with van der Waals surface area (Å²) in [5.41, 5.74) is 0.683. The van der Waals surface area contributed by atoms with Crippen LogP contribution < -0.4 is 9.64 Å². The highest BCUT2D eigenvalue weighted by Crippen LogP contribution is 2.17. The summed E-state index contributed by atoms with van der Waals surface area (Å²) in [6.07, 6.45) is 1.80. The number of hydrogen-bond donors (Lipinski definition) is 0. The van der Waals surface area contributed by atoms with Crippen LogP contribution in [0.4, 0.5) is 5.82 Å². The molecule has 1 aliphatic rings. The maximum Gasteiger partial charge on any atom is 0.254 e. The first-order chi connectivity index (χ1) is 11.3. The standard InChI is InChI=1S/C18H21N3O2/c1-2-23-16-7-5-6-15(14-16)18(22)21-12-10-20(11-13-21)17-8-3-4-9-19-17/h3-9,14H,2,10-13H2,1H3. The van der Waals surface area contributed by atoms with E-state index >= 15 is 0 Å². The number of hydrogen-bond acceptors (Lipinski definition) is 4. The molecule has 1 aromatic carbocycles. The minimum absolute atomic E-state index is 0.0622. The molecule has 0 aliphatic carbocycles. The second-order valence-electron chi connectivity index (χ2n) is 5.43. The topological polar surface area (TPSA) is 45.7 Å². The van der Waals surface area contributed by atoms with Crippen molar-refractivity contribution in [3.8, 4) is 5.75 Å². The van der Waals surface area contributed by atoms with Gasteiger partial charge in [0.2, 0.25) is 0 Å². The zero-order valence-corrected chi connectivity index (χ0v) is 13.3. The zero-order valence-electron chi connectivity index (χ0n) is 13.3. The van der Waals surface area contributed by atoms with Crippen LogP contribution in [0, 0.1) is 0 Å². The van der Waals surface area contributed by atoms with E-state index in [2.05, 4.69) is 9.88 Å². The number of rotatable bonds is 4. The molecule has 2 heterocycles. The fraction of sp³-hybridized carbons (Fsp3) is 0.333. The summed E-state index contributed by atoms with van der Waals surface area (Å²) >= 11 is 0. The predicted octanol–water partition coefficient (Wildman–Crippen LogP) is 2.44. The molecule has 0 atom stereocenters. The molecule has 0 radical (unpaired) electrons. The average Bonchev–Trinajstić information content (AvgIpc) is 2.62. The van der Waals surface area contributed by atoms with Gasteiger partial charge in [0, 0.05) is 37.9 Å². The van der Waals surface area contributed by atoms with Crippen LogP contribution >= 0.6 is 0 Å². The molecule has 0 bridgehead atoms. The number of ether oxygens (including phenoxy) is 1. The van der Waals surface area contributed by atoms with Crippen LogP contribution in [0.25, 0.3) is 0 Å². The van der Waals surface area contributed by atoms with Crippen LogP contribution in [0.15, 0.2) is 48.7 Å². The molecular weight excluding hydrogens is 290 g/mol. The van der Waals surface area contributed by atoms with E-state index in [1.54, 1.807) is 6.20 Å². The second kappa shape index (κ2) is 7.13. The van der Waals surface area contributed by atoms with Crippen LogP contribution in [-0.4, -0.2) is 48.6 Å². The molecule has 1 fully saturated rings. The van der Waals surface area contributed by atoms with Gasteiger partial charge in [-0.25, -0.2) is 4.98 Å². The SMILES string of the molecule is CCOc1cccc(C(=O)N2CCN(c3ccccn3)CC2)c1. The Morgan fingerprint density at radius 3 is 2.65 bits per heavy atom. The molecule has 1 aliphatic heterocycles. The highest BCUT2D eigenvalue weighted by atomic mass is 16.5. The number of benzene rings is 1. The number of nitrogens with zero attached hydrogens (tertiary/aromatic N) is 3. The quantitative estimate of drug-likeness (QED) is 0.870. The molecule has 1 aromatic heterocycles. The first-order valence-corrected chi connectivity index (χ1v) is 7.96. The minimum Gasteiger partial charge on any atom is -0.494 e. The number of piperazine rings is 1. The fourth-order valence-electron chi connectivity index (χ4n) is 2.75. The lowest BCUT2D eigenvalue weighted by Crippen LogP contribution is -2.49. The van der Waals surface area contributed by atoms with Crippen molar-refractivity contribution >= 4 is 11.7 Å². The van der Waals surface area contributed by atoms with E-state index < -0.39 is 0 Å². The zero-order chi connectivity index (χ0) is 16.1. The monoisotopic (exact) mass is 311 g/mol. The Hall–Kier alpha value is -2.56. The van der Waals surface area contributed by atoms with Gasteiger partial charge in [-0.3, -0.25) is 4.79 Å². The largest absolute Gasteiger partial charge is 0.494 e. The van der Waals surface area contributed by atoms with Gasteiger partial charge in [0.25, 0.3) is 5.91 Å². The summed E-state index contributed by atoms with van der Waals surface area (Å²) in [7, 11) is 0. The first kappa shape index (κ1) is 15.3. The fourth-order valence-corrected chi connectivity index (χ4v) is 2.75. The van der Waals surface area contributed by atoms with Gasteiger partial charge >= 0.3 is 0 Å². The van der Waals surface area contributed by atoms with Crippen molar-refractivity contribution in [1.29, 1.82) is 0 Å². The third-order valence-electron chi connectivity index (χ3n) is 3.93. The second-order valence-corrected chi connectivity index (χ2v) is 5.43. The maximum atomic E-state index is 12.6. The minimum atomic E-state index is 0.0622. The number of carbonyl (C=O) groups excluding carboxylic acids is 1. The van der Waals surface area contributed by atoms with Gasteiger partial charge in [-0.15, -0.1) is 0 Å². The van der Waals surface area contributed by atoms with Crippen LogP contribution in [-0.2, 0) is 0 Å². The van der Waals surface area contributed by atoms with E-state index in [0.717, 1.165) is 24.7 Å². The molecule has 0 spiro atoms. The summed E-state index contributed by atoms with van der Waals surface area (Å²) < 4.78 is 5.47. The summed E-state index contributed by atoms with van der Waals surface area (Å²) in [6.45, 7) is 5.54. The van der Waals surface area contributed by atoms with Gasteiger partial charge in [0.1, 0.15) is 11.6 Å². The normalized spacial score (nSPS) is 14.7. The van der Waals surface area contributed by atoms with E-state index in [9.17, 15) is 4.79 Å². The Kier molecular flexibility index (Phi) is 4.76. The Morgan fingerprint density at radius 2 is 1.96 bits per heavy atom. The molecule has 0 unspecified atom stereocenters. The number of aromatic nitrogens is 1. The predicted molar refractivity (Wildman–Crippen MR) is 90.0 cm³/mol. The van der Waals surface area contributed by atoms with E-state index in [0.29, 0.717) is 25.3 Å². The van der Waals surface area contributed by atoms with Crippen molar-refractivity contribution in [3.63, 3.8) is 0 Å². The van der Waals surface area contributed by atoms with E-state index in [1.807, 2.05) is 54.3 Å². The molecule has 1 amide bonds. The Balaban J connectivity index is 1.63. The van der Waals surface area contributed by atoms with Crippen molar-refractivity contribution in [2.45, 2.75) is 6.92 Å². The van der Waals surface area contributed by atoms with Crippen molar-refractivity contribution in [3.05, 3.63) is 54.2 Å². The van der Waals surface area contributed by atoms with E-state index in [1.165, 1.54) is 0 Å². The first-order valence-electron chi connectivity index (χ1n) is 7.96. The van der Waals surface area contributed by atoms with Crippen LogP contribution in [0.3, 0.4) is 0 Å². The molecule has 1 saturated heterocycles. The number of anilines is 1. The van der Waals surface area contributed by atoms with Crippen molar-refractivity contribution in [2.24, 2.45) is 0 Å². The third kappa shape index (κ3) is 3.62. The molecule has 2 aromatic rings. The smallest absolute Gasteiger partial charge is 0.254 e. The van der Waals surface area contributed by atoms with E-state index in [4.69, 9.17) is 4.74 Å². The average molecular weight is 311 g/mol. The van der Waals surface area contributed by atoms with Gasteiger partial charge in [0.05, 0.1) is 6.61 Å². The molecule has 120 valence electrons. The Bertz CT molecular complexity index is 652. The molecule has 3 rings (SSSR count). The maximum absolute atomic E-state index is 12.6. The number of pyridine rings is 1. The van der Waals surface area contributed by atoms with Gasteiger partial charge in [0.15, 0.2) is 0 Å². The van der Waals surface area contributed by atoms with E-state index in [-0.39, 0.29) is 5.91 Å². The van der Waals surface area contributed by atoms with Crippen molar-refractivity contribution < 1.29 is 9.53 Å². The lowest BCUT2D eigenvalue weighted by Gasteiger charge is -2.35. The third-order valence-corrected chi connectivity index (χ3v) is 3.93. The molecule has 5 nitrogen and oxygen atoms in total. The highest BCUT2D eigenvalue weighted by Gasteiger charge is 2.22. The van der Waals surface area contributed by atoms with Crippen LogP contribution in [0.5, 0.6) is 5.75 Å². The number of carbonyl (C=O) groups is 1. The lowest BCUT2D eigenvalue weighted by atomic mass is 10.1. The summed E-state index contributed by atoms with van der Waals surface area (Å²) in [5.74, 6) is 1.77. The molecular formula is C18H21N3O2. The van der Waals surface area contributed by atoms with Crippen molar-refractivity contribution in [1.82, 2.24) is 9.88 Å². The number of amides is 1. The van der Waals surface area contributed by atoms with Gasteiger partial charge in [-0.2, -0.15) is 0 Å². The van der Waals surface area contributed by atoms with Gasteiger partial charge in [-0.1, -0.05) is 12.1 Å². The lowest BCUT2D eigenvalue weighted by molar-refractivity contribution is 0.0746. The van der Waals surface area contributed by atoms with Crippen LogP contribution in [0.1, 0.15) is 17.3 Å². The molecule has 0 saturated carbocycles. The molecule has 23 heavy (non-hydrogen) atoms. The summed E-state index contributed by atoms with van der Waals surface area (Å²) in [6, 6.07) is 13.3. The highest BCUT2D eigenvalue weighted by molar-refractivity contribution is 5.94. The van der Waals surface area contributed by atoms with Crippen molar-refractivity contribution in [2.75, 3.05) is 37.7 Å². The van der Waals surface area contributed by atoms with Gasteiger partial charge < -0.3 is 14.5 Å². The summed E-state index contributed by atoms with van der Waals surface area (Å²) in [4.78, 5) is 21.1. The molecule has 0 N–H and O–H groups in total. The molecule has 5 heteroatoms. The van der Waals surface area contributed by atoms with Gasteiger partial charge in [-0.05, 0) is 37.3 Å². The Morgan fingerprint density at radius 1 is 1.13 bits per heavy atom. The van der Waals surface area contributed by atoms with Crippen LogP contribution in [0.2, 0.25) is 0 Å².